The number of aromatic nitrogens is 4. The highest BCUT2D eigenvalue weighted by atomic mass is 19.1. The quantitative estimate of drug-likeness (QED) is 0.340. The summed E-state index contributed by atoms with van der Waals surface area (Å²) in [5.41, 5.74) is 3.20. The van der Waals surface area contributed by atoms with Gasteiger partial charge in [-0.1, -0.05) is 12.8 Å². The van der Waals surface area contributed by atoms with Crippen molar-refractivity contribution in [1.29, 1.82) is 0 Å². The molecule has 2 aromatic carbocycles. The lowest BCUT2D eigenvalue weighted by molar-refractivity contribution is 0.0924. The monoisotopic (exact) mass is 479 g/mol. The molecule has 5 rings (SSSR count). The molecule has 4 aromatic rings. The van der Waals surface area contributed by atoms with Crippen LogP contribution in [0, 0.1) is 11.6 Å². The van der Waals surface area contributed by atoms with E-state index in [1.54, 1.807) is 13.2 Å². The van der Waals surface area contributed by atoms with Crippen LogP contribution in [0.1, 0.15) is 47.9 Å². The molecule has 1 amide bonds. The number of aromatic amines is 1. The molecule has 0 spiro atoms. The molecular formula is C25H27F2N7O. The highest BCUT2D eigenvalue weighted by Crippen LogP contribution is 2.32. The Bertz CT molecular complexity index is 1390. The van der Waals surface area contributed by atoms with Crippen LogP contribution in [0.4, 0.5) is 20.2 Å². The fourth-order valence-electron chi connectivity index (χ4n) is 4.51. The van der Waals surface area contributed by atoms with Gasteiger partial charge in [0.1, 0.15) is 22.7 Å². The first-order valence-corrected chi connectivity index (χ1v) is 11.7. The number of imidazole rings is 2. The van der Waals surface area contributed by atoms with Gasteiger partial charge in [0.2, 0.25) is 0 Å². The minimum absolute atomic E-state index is 0.0388. The third kappa shape index (κ3) is 4.31. The highest BCUT2D eigenvalue weighted by Gasteiger charge is 2.26. The van der Waals surface area contributed by atoms with Gasteiger partial charge in [-0.2, -0.15) is 0 Å². The second kappa shape index (κ2) is 9.36. The number of carbonyl (C=O) groups is 1. The SMILES string of the molecule is CNc1ccc2c(c1)NCCCCC[C@H](NC(=O)c1c(F)cc3c(ncn3C)c1F)c1nc-2c[nH]1. The average Bonchev–Trinajstić information content (AvgIpc) is 3.47. The van der Waals surface area contributed by atoms with Gasteiger partial charge < -0.3 is 25.5 Å². The van der Waals surface area contributed by atoms with Gasteiger partial charge in [-0.15, -0.1) is 0 Å². The van der Waals surface area contributed by atoms with Gasteiger partial charge in [0.05, 0.1) is 23.6 Å². The van der Waals surface area contributed by atoms with E-state index in [1.807, 2.05) is 25.2 Å². The topological polar surface area (TPSA) is 99.7 Å². The maximum atomic E-state index is 15.1. The molecule has 35 heavy (non-hydrogen) atoms. The van der Waals surface area contributed by atoms with Crippen molar-refractivity contribution in [3.63, 3.8) is 0 Å². The van der Waals surface area contributed by atoms with Crippen molar-refractivity contribution in [2.24, 2.45) is 7.05 Å². The Hall–Kier alpha value is -3.95. The van der Waals surface area contributed by atoms with E-state index in [-0.39, 0.29) is 11.0 Å². The second-order valence-electron chi connectivity index (χ2n) is 8.75. The Morgan fingerprint density at radius 1 is 1.20 bits per heavy atom. The van der Waals surface area contributed by atoms with Crippen molar-refractivity contribution in [2.75, 3.05) is 24.2 Å². The summed E-state index contributed by atoms with van der Waals surface area (Å²) >= 11 is 0. The van der Waals surface area contributed by atoms with Crippen molar-refractivity contribution in [3.8, 4) is 11.3 Å². The molecule has 1 aliphatic rings. The predicted molar refractivity (Wildman–Crippen MR) is 131 cm³/mol. The van der Waals surface area contributed by atoms with E-state index in [1.165, 1.54) is 10.9 Å². The van der Waals surface area contributed by atoms with Gasteiger partial charge >= 0.3 is 0 Å². The van der Waals surface area contributed by atoms with E-state index < -0.39 is 29.1 Å². The highest BCUT2D eigenvalue weighted by molar-refractivity contribution is 5.98. The molecular weight excluding hydrogens is 452 g/mol. The molecule has 2 aromatic heterocycles. The van der Waals surface area contributed by atoms with Crippen LogP contribution >= 0.6 is 0 Å². The number of fused-ring (bicyclic) bond motifs is 5. The zero-order valence-corrected chi connectivity index (χ0v) is 19.6. The Balaban J connectivity index is 1.48. The lowest BCUT2D eigenvalue weighted by Gasteiger charge is -2.18. The van der Waals surface area contributed by atoms with Gasteiger partial charge in [-0.05, 0) is 31.0 Å². The number of aryl methyl sites for hydroxylation is 1. The molecule has 182 valence electrons. The molecule has 3 heterocycles. The fraction of sp³-hybridized carbons (Fsp3) is 0.320. The normalized spacial score (nSPS) is 16.1. The van der Waals surface area contributed by atoms with Crippen LogP contribution in [0.15, 0.2) is 36.8 Å². The van der Waals surface area contributed by atoms with Gasteiger partial charge in [-0.3, -0.25) is 4.79 Å². The second-order valence-corrected chi connectivity index (χ2v) is 8.75. The van der Waals surface area contributed by atoms with Crippen molar-refractivity contribution in [3.05, 3.63) is 59.8 Å². The molecule has 10 heteroatoms. The number of rotatable bonds is 3. The van der Waals surface area contributed by atoms with Crippen LogP contribution in [-0.2, 0) is 7.05 Å². The Kier molecular flexibility index (Phi) is 6.10. The molecule has 2 bridgehead atoms. The maximum absolute atomic E-state index is 15.1. The summed E-state index contributed by atoms with van der Waals surface area (Å²) in [5.74, 6) is -2.18. The van der Waals surface area contributed by atoms with E-state index in [9.17, 15) is 9.18 Å². The van der Waals surface area contributed by atoms with Gasteiger partial charge in [0.25, 0.3) is 5.91 Å². The smallest absolute Gasteiger partial charge is 0.257 e. The maximum Gasteiger partial charge on any atom is 0.257 e. The minimum Gasteiger partial charge on any atom is -0.388 e. The summed E-state index contributed by atoms with van der Waals surface area (Å²) in [7, 11) is 3.51. The third-order valence-electron chi connectivity index (χ3n) is 6.44. The van der Waals surface area contributed by atoms with Crippen molar-refractivity contribution >= 4 is 28.3 Å². The van der Waals surface area contributed by atoms with Crippen LogP contribution in [0.2, 0.25) is 0 Å². The van der Waals surface area contributed by atoms with E-state index >= 15 is 4.39 Å². The van der Waals surface area contributed by atoms with Crippen molar-refractivity contribution < 1.29 is 13.6 Å². The summed E-state index contributed by atoms with van der Waals surface area (Å²) < 4.78 is 31.4. The number of carbonyl (C=O) groups excluding carboxylic acids is 1. The molecule has 4 N–H and O–H groups in total. The van der Waals surface area contributed by atoms with Gasteiger partial charge in [-0.25, -0.2) is 18.7 Å². The minimum atomic E-state index is -0.966. The van der Waals surface area contributed by atoms with E-state index in [2.05, 4.69) is 25.9 Å². The summed E-state index contributed by atoms with van der Waals surface area (Å²) in [4.78, 5) is 25.0. The number of H-pyrrole nitrogens is 1. The Labute approximate surface area is 201 Å². The van der Waals surface area contributed by atoms with E-state index in [0.29, 0.717) is 12.2 Å². The molecule has 1 atom stereocenters. The van der Waals surface area contributed by atoms with Gasteiger partial charge in [0.15, 0.2) is 5.82 Å². The Morgan fingerprint density at radius 2 is 2.06 bits per heavy atom. The van der Waals surface area contributed by atoms with Crippen molar-refractivity contribution in [1.82, 2.24) is 24.8 Å². The Morgan fingerprint density at radius 3 is 2.89 bits per heavy atom. The summed E-state index contributed by atoms with van der Waals surface area (Å²) in [5, 5.41) is 9.45. The number of hydrogen-bond acceptors (Lipinski definition) is 5. The zero-order chi connectivity index (χ0) is 24.5. The average molecular weight is 480 g/mol. The van der Waals surface area contributed by atoms with Crippen LogP contribution in [0.5, 0.6) is 0 Å². The molecule has 0 unspecified atom stereocenters. The first-order chi connectivity index (χ1) is 17.0. The van der Waals surface area contributed by atoms with E-state index in [0.717, 1.165) is 54.5 Å². The predicted octanol–water partition coefficient (Wildman–Crippen LogP) is 4.74. The number of nitrogens with zero attached hydrogens (tertiary/aromatic N) is 3. The lowest BCUT2D eigenvalue weighted by atomic mass is 10.0. The number of nitrogens with one attached hydrogen (secondary N) is 4. The van der Waals surface area contributed by atoms with Crippen LogP contribution in [-0.4, -0.2) is 39.0 Å². The van der Waals surface area contributed by atoms with E-state index in [4.69, 9.17) is 4.98 Å². The molecule has 0 radical (unpaired) electrons. The third-order valence-corrected chi connectivity index (χ3v) is 6.44. The zero-order valence-electron chi connectivity index (χ0n) is 19.6. The number of hydrogen-bond donors (Lipinski definition) is 4. The molecule has 8 nitrogen and oxygen atoms in total. The molecule has 1 aliphatic heterocycles. The van der Waals surface area contributed by atoms with Crippen LogP contribution in [0.3, 0.4) is 0 Å². The number of anilines is 2. The number of amides is 1. The standard InChI is InChI=1S/C25H27F2N7O/c1-28-14-7-8-15-18(10-14)29-9-5-3-4-6-17(24-30-12-19(15)32-24)33-25(35)21-16(26)11-20-23(22(21)27)31-13-34(20)2/h7-8,10-13,17,28-29H,3-6,9H2,1-2H3,(H,30,32)(H,33,35)/t17-/m0/s1. The van der Waals surface area contributed by atoms with Crippen LogP contribution in [0.25, 0.3) is 22.3 Å². The lowest BCUT2D eigenvalue weighted by Crippen LogP contribution is -2.31. The fourth-order valence-corrected chi connectivity index (χ4v) is 4.51. The van der Waals surface area contributed by atoms with Gasteiger partial charge in [0, 0.05) is 49.8 Å². The largest absolute Gasteiger partial charge is 0.388 e. The molecule has 0 saturated heterocycles. The molecule has 0 aliphatic carbocycles. The first kappa shape index (κ1) is 22.8. The number of benzene rings is 2. The summed E-state index contributed by atoms with van der Waals surface area (Å²) in [6, 6.07) is 6.60. The van der Waals surface area contributed by atoms with Crippen molar-refractivity contribution in [2.45, 2.75) is 31.7 Å². The summed E-state index contributed by atoms with van der Waals surface area (Å²) in [6.45, 7) is 0.801. The first-order valence-electron chi connectivity index (χ1n) is 11.7. The number of halogens is 2. The molecule has 0 fully saturated rings. The summed E-state index contributed by atoms with van der Waals surface area (Å²) in [6.07, 6.45) is 6.44. The van der Waals surface area contributed by atoms with Crippen LogP contribution < -0.4 is 16.0 Å². The molecule has 0 saturated carbocycles.